The highest BCUT2D eigenvalue weighted by Crippen LogP contribution is 2.39. The summed E-state index contributed by atoms with van der Waals surface area (Å²) in [6, 6.07) is 17.1. The van der Waals surface area contributed by atoms with Crippen molar-refractivity contribution >= 4 is 26.6 Å². The lowest BCUT2D eigenvalue weighted by Crippen LogP contribution is -2.55. The third-order valence-corrected chi connectivity index (χ3v) is 9.05. The summed E-state index contributed by atoms with van der Waals surface area (Å²) in [5, 5.41) is 3.64. The standard InChI is InChI=1S/C26H31N3O4S/c1-4-29-13-14-34(31,32)26(18-29,16-25(30)27-3)21-9-11-22(12-10-21)33-17-20-15-19(2)28-24-8-6-5-7-23(20)24/h5-12,15H,4,13-14,16-18H2,1-3H3,(H,27,30). The number of carbonyl (C=O) groups excluding carboxylic acids is 1. The number of benzene rings is 2. The lowest BCUT2D eigenvalue weighted by atomic mass is 9.92. The molecule has 1 aliphatic heterocycles. The summed E-state index contributed by atoms with van der Waals surface area (Å²) < 4.78 is 31.4. The molecule has 1 saturated heterocycles. The van der Waals surface area contributed by atoms with Crippen LogP contribution >= 0.6 is 0 Å². The van der Waals surface area contributed by atoms with Gasteiger partial charge in [-0.15, -0.1) is 0 Å². The lowest BCUT2D eigenvalue weighted by Gasteiger charge is -2.42. The SMILES string of the molecule is CCN1CCS(=O)(=O)C(CC(=O)NC)(c2ccc(OCc3cc(C)nc4ccccc34)cc2)C1. The molecule has 2 heterocycles. The molecule has 4 rings (SSSR count). The van der Waals surface area contributed by atoms with E-state index in [1.54, 1.807) is 24.3 Å². The summed E-state index contributed by atoms with van der Waals surface area (Å²) in [5.41, 5.74) is 3.51. The second-order valence-corrected chi connectivity index (χ2v) is 11.2. The van der Waals surface area contributed by atoms with Crippen LogP contribution in [0.2, 0.25) is 0 Å². The summed E-state index contributed by atoms with van der Waals surface area (Å²) in [7, 11) is -2.00. The van der Waals surface area contributed by atoms with Crippen LogP contribution in [0.3, 0.4) is 0 Å². The minimum atomic E-state index is -3.53. The van der Waals surface area contributed by atoms with Gasteiger partial charge in [-0.1, -0.05) is 37.3 Å². The van der Waals surface area contributed by atoms with E-state index in [0.717, 1.165) is 28.7 Å². The van der Waals surface area contributed by atoms with Gasteiger partial charge in [-0.05, 0) is 43.3 Å². The Bertz CT molecular complexity index is 1290. The van der Waals surface area contributed by atoms with Gasteiger partial charge in [0, 0.05) is 36.8 Å². The highest BCUT2D eigenvalue weighted by molar-refractivity contribution is 7.92. The fourth-order valence-corrected chi connectivity index (χ4v) is 6.78. The number of hydrogen-bond acceptors (Lipinski definition) is 6. The number of likely N-dealkylation sites (N-methyl/N-ethyl adjacent to an activating group) is 1. The largest absolute Gasteiger partial charge is 0.489 e. The Kier molecular flexibility index (Phi) is 6.91. The molecule has 1 aliphatic rings. The van der Waals surface area contributed by atoms with Crippen molar-refractivity contribution in [2.75, 3.05) is 32.4 Å². The topological polar surface area (TPSA) is 88.6 Å². The molecule has 1 atom stereocenters. The molecule has 180 valence electrons. The van der Waals surface area contributed by atoms with Crippen LogP contribution in [-0.2, 0) is 26.0 Å². The number of amides is 1. The number of fused-ring (bicyclic) bond motifs is 1. The zero-order chi connectivity index (χ0) is 24.3. The molecule has 8 heteroatoms. The van der Waals surface area contributed by atoms with Crippen molar-refractivity contribution in [2.45, 2.75) is 31.6 Å². The van der Waals surface area contributed by atoms with Crippen LogP contribution in [0.5, 0.6) is 5.75 Å². The number of nitrogens with zero attached hydrogens (tertiary/aromatic N) is 2. The number of ether oxygens (including phenoxy) is 1. The first-order chi connectivity index (χ1) is 16.3. The van der Waals surface area contributed by atoms with E-state index in [-0.39, 0.29) is 18.1 Å². The molecule has 1 fully saturated rings. The van der Waals surface area contributed by atoms with Crippen molar-refractivity contribution in [3.05, 3.63) is 71.4 Å². The van der Waals surface area contributed by atoms with Crippen LogP contribution in [0, 0.1) is 6.92 Å². The van der Waals surface area contributed by atoms with Gasteiger partial charge in [0.25, 0.3) is 0 Å². The molecule has 3 aromatic rings. The number of sulfone groups is 1. The third-order valence-electron chi connectivity index (χ3n) is 6.63. The van der Waals surface area contributed by atoms with Crippen LogP contribution < -0.4 is 10.1 Å². The van der Waals surface area contributed by atoms with Gasteiger partial charge in [-0.25, -0.2) is 8.42 Å². The number of pyridine rings is 1. The number of nitrogens with one attached hydrogen (secondary N) is 1. The predicted octanol–water partition coefficient (Wildman–Crippen LogP) is 3.20. The molecule has 0 aliphatic carbocycles. The van der Waals surface area contributed by atoms with Crippen molar-refractivity contribution < 1.29 is 17.9 Å². The first-order valence-electron chi connectivity index (χ1n) is 11.5. The summed E-state index contributed by atoms with van der Waals surface area (Å²) >= 11 is 0. The quantitative estimate of drug-likeness (QED) is 0.558. The second-order valence-electron chi connectivity index (χ2n) is 8.78. The average Bonchev–Trinajstić information content (AvgIpc) is 2.84. The summed E-state index contributed by atoms with van der Waals surface area (Å²) in [6.45, 7) is 5.83. The molecule has 7 nitrogen and oxygen atoms in total. The van der Waals surface area contributed by atoms with Gasteiger partial charge in [-0.3, -0.25) is 9.78 Å². The van der Waals surface area contributed by atoms with E-state index in [0.29, 0.717) is 31.0 Å². The van der Waals surface area contributed by atoms with Crippen LogP contribution in [0.25, 0.3) is 10.9 Å². The van der Waals surface area contributed by atoms with Crippen LogP contribution in [0.1, 0.15) is 30.2 Å². The molecule has 0 radical (unpaired) electrons. The van der Waals surface area contributed by atoms with Gasteiger partial charge in [0.05, 0.1) is 17.7 Å². The Balaban J connectivity index is 1.62. The van der Waals surface area contributed by atoms with Crippen molar-refractivity contribution in [1.29, 1.82) is 0 Å². The maximum absolute atomic E-state index is 13.3. The molecular formula is C26H31N3O4S. The van der Waals surface area contributed by atoms with Crippen molar-refractivity contribution in [3.63, 3.8) is 0 Å². The van der Waals surface area contributed by atoms with E-state index < -0.39 is 14.6 Å². The van der Waals surface area contributed by atoms with Crippen LogP contribution in [0.4, 0.5) is 0 Å². The van der Waals surface area contributed by atoms with Gasteiger partial charge < -0.3 is 15.0 Å². The number of para-hydroxylation sites is 1. The van der Waals surface area contributed by atoms with Crippen LogP contribution in [0.15, 0.2) is 54.6 Å². The number of carbonyl (C=O) groups is 1. The van der Waals surface area contributed by atoms with Gasteiger partial charge in [0.15, 0.2) is 9.84 Å². The van der Waals surface area contributed by atoms with E-state index in [1.165, 1.54) is 7.05 Å². The highest BCUT2D eigenvalue weighted by atomic mass is 32.2. The van der Waals surface area contributed by atoms with Crippen LogP contribution in [-0.4, -0.2) is 56.6 Å². The molecule has 1 amide bonds. The highest BCUT2D eigenvalue weighted by Gasteiger charge is 2.50. The Hall–Kier alpha value is -2.97. The maximum Gasteiger partial charge on any atom is 0.221 e. The van der Waals surface area contributed by atoms with E-state index in [1.807, 2.05) is 44.2 Å². The maximum atomic E-state index is 13.3. The number of rotatable bonds is 7. The van der Waals surface area contributed by atoms with Crippen molar-refractivity contribution in [3.8, 4) is 5.75 Å². The second kappa shape index (κ2) is 9.72. The number of hydrogen-bond donors (Lipinski definition) is 1. The third kappa shape index (κ3) is 4.65. The van der Waals surface area contributed by atoms with Crippen molar-refractivity contribution in [1.82, 2.24) is 15.2 Å². The Morgan fingerprint density at radius 2 is 1.91 bits per heavy atom. The molecule has 34 heavy (non-hydrogen) atoms. The first kappa shape index (κ1) is 24.2. The normalized spacial score (nSPS) is 20.2. The molecule has 0 saturated carbocycles. The average molecular weight is 482 g/mol. The van der Waals surface area contributed by atoms with Gasteiger partial charge >= 0.3 is 0 Å². The zero-order valence-corrected chi connectivity index (χ0v) is 20.7. The number of aryl methyl sites for hydroxylation is 1. The monoisotopic (exact) mass is 481 g/mol. The first-order valence-corrected chi connectivity index (χ1v) is 13.2. The van der Waals surface area contributed by atoms with Crippen molar-refractivity contribution in [2.24, 2.45) is 0 Å². The molecule has 0 spiro atoms. The fraction of sp³-hybridized carbons (Fsp3) is 0.385. The minimum Gasteiger partial charge on any atom is -0.489 e. The predicted molar refractivity (Wildman–Crippen MR) is 134 cm³/mol. The number of aromatic nitrogens is 1. The van der Waals surface area contributed by atoms with E-state index in [2.05, 4.69) is 15.2 Å². The summed E-state index contributed by atoms with van der Waals surface area (Å²) in [5.74, 6) is 0.379. The summed E-state index contributed by atoms with van der Waals surface area (Å²) in [6.07, 6.45) is -0.106. The Morgan fingerprint density at radius 3 is 2.62 bits per heavy atom. The van der Waals surface area contributed by atoms with Gasteiger partial charge in [0.2, 0.25) is 5.91 Å². The molecule has 2 aromatic carbocycles. The smallest absolute Gasteiger partial charge is 0.221 e. The minimum absolute atomic E-state index is 0.0323. The molecule has 1 aromatic heterocycles. The van der Waals surface area contributed by atoms with E-state index >= 15 is 0 Å². The molecular weight excluding hydrogens is 450 g/mol. The van der Waals surface area contributed by atoms with Gasteiger partial charge in [-0.2, -0.15) is 0 Å². The zero-order valence-electron chi connectivity index (χ0n) is 19.9. The molecule has 1 unspecified atom stereocenters. The fourth-order valence-electron chi connectivity index (χ4n) is 4.67. The van der Waals surface area contributed by atoms with E-state index in [4.69, 9.17) is 4.74 Å². The van der Waals surface area contributed by atoms with Gasteiger partial charge in [0.1, 0.15) is 17.1 Å². The lowest BCUT2D eigenvalue weighted by molar-refractivity contribution is -0.121. The molecule has 0 bridgehead atoms. The molecule has 1 N–H and O–H groups in total. The Morgan fingerprint density at radius 1 is 1.18 bits per heavy atom. The van der Waals surface area contributed by atoms with E-state index in [9.17, 15) is 13.2 Å². The summed E-state index contributed by atoms with van der Waals surface area (Å²) in [4.78, 5) is 19.0. The Labute approximate surface area is 201 Å².